The largest absolute Gasteiger partial charge is 0.479 e. The number of carbonyl (C=O) groups is 1. The van der Waals surface area contributed by atoms with Crippen LogP contribution < -0.4 is 10.1 Å². The summed E-state index contributed by atoms with van der Waals surface area (Å²) in [5.74, 6) is 0.526. The molecule has 18 heavy (non-hydrogen) atoms. The molecule has 1 heterocycles. The summed E-state index contributed by atoms with van der Waals surface area (Å²) in [4.78, 5) is 11.9. The van der Waals surface area contributed by atoms with Crippen molar-refractivity contribution in [1.29, 1.82) is 0 Å². The highest BCUT2D eigenvalue weighted by molar-refractivity contribution is 7.98. The lowest BCUT2D eigenvalue weighted by Crippen LogP contribution is -2.42. The van der Waals surface area contributed by atoms with Crippen molar-refractivity contribution in [1.82, 2.24) is 15.1 Å². The molecule has 0 saturated heterocycles. The Morgan fingerprint density at radius 2 is 2.39 bits per heavy atom. The van der Waals surface area contributed by atoms with Crippen molar-refractivity contribution in [3.63, 3.8) is 0 Å². The van der Waals surface area contributed by atoms with Crippen molar-refractivity contribution in [3.8, 4) is 5.88 Å². The van der Waals surface area contributed by atoms with Gasteiger partial charge in [-0.15, -0.1) is 5.10 Å². The van der Waals surface area contributed by atoms with E-state index in [-0.39, 0.29) is 18.3 Å². The summed E-state index contributed by atoms with van der Waals surface area (Å²) in [6, 6.07) is 0. The van der Waals surface area contributed by atoms with E-state index in [2.05, 4.69) is 10.4 Å². The summed E-state index contributed by atoms with van der Waals surface area (Å²) in [6.45, 7) is 1.87. The smallest absolute Gasteiger partial charge is 0.258 e. The van der Waals surface area contributed by atoms with E-state index in [1.807, 2.05) is 6.26 Å². The van der Waals surface area contributed by atoms with E-state index in [0.717, 1.165) is 0 Å². The van der Waals surface area contributed by atoms with Gasteiger partial charge in [0.05, 0.1) is 12.7 Å². The maximum absolute atomic E-state index is 11.9. The van der Waals surface area contributed by atoms with E-state index in [1.54, 1.807) is 20.2 Å². The van der Waals surface area contributed by atoms with Gasteiger partial charge in [-0.25, -0.2) is 0 Å². The Hall–Kier alpha value is -1.21. The molecular formula is C11H19N3O3S. The number of carbonyl (C=O) groups excluding carboxylic acids is 1. The first-order valence-corrected chi connectivity index (χ1v) is 6.86. The molecule has 1 rings (SSSR count). The van der Waals surface area contributed by atoms with Crippen LogP contribution in [0.15, 0.2) is 6.20 Å². The molecule has 0 spiro atoms. The fourth-order valence-corrected chi connectivity index (χ4v) is 2.23. The Balaban J connectivity index is 2.65. The Kier molecular flexibility index (Phi) is 5.03. The van der Waals surface area contributed by atoms with Crippen molar-refractivity contribution < 1.29 is 14.6 Å². The van der Waals surface area contributed by atoms with Gasteiger partial charge in [0.2, 0.25) is 5.88 Å². The lowest BCUT2D eigenvalue weighted by molar-refractivity contribution is 0.0723. The predicted molar refractivity (Wildman–Crippen MR) is 71.1 cm³/mol. The number of aliphatic hydroxyl groups is 1. The van der Waals surface area contributed by atoms with Gasteiger partial charge in [-0.2, -0.15) is 11.8 Å². The third kappa shape index (κ3) is 3.92. The first-order chi connectivity index (χ1) is 8.39. The molecule has 7 heteroatoms. The van der Waals surface area contributed by atoms with Gasteiger partial charge in [0.15, 0.2) is 0 Å². The number of thioether (sulfide) groups is 1. The molecule has 0 fully saturated rings. The molecule has 0 aromatic carbocycles. The Bertz CT molecular complexity index is 418. The van der Waals surface area contributed by atoms with E-state index >= 15 is 0 Å². The number of aromatic nitrogens is 2. The molecule has 0 aliphatic carbocycles. The first-order valence-electron chi connectivity index (χ1n) is 5.47. The topological polar surface area (TPSA) is 76.4 Å². The number of ether oxygens (including phenoxy) is 1. The van der Waals surface area contributed by atoms with Gasteiger partial charge < -0.3 is 15.2 Å². The SMILES string of the molecule is COc1nn(C)cc1C(=O)NCC(C)(O)CSC. The van der Waals surface area contributed by atoms with Crippen LogP contribution >= 0.6 is 11.8 Å². The van der Waals surface area contributed by atoms with Gasteiger partial charge in [-0.1, -0.05) is 0 Å². The van der Waals surface area contributed by atoms with Crippen LogP contribution in [0.4, 0.5) is 0 Å². The Labute approximate surface area is 111 Å². The summed E-state index contributed by atoms with van der Waals surface area (Å²) < 4.78 is 6.52. The van der Waals surface area contributed by atoms with Crippen LogP contribution in [0.5, 0.6) is 5.88 Å². The molecule has 1 aromatic rings. The minimum atomic E-state index is -0.926. The summed E-state index contributed by atoms with van der Waals surface area (Å²) >= 11 is 1.53. The molecule has 6 nitrogen and oxygen atoms in total. The second-order valence-corrected chi connectivity index (χ2v) is 5.20. The summed E-state index contributed by atoms with van der Waals surface area (Å²) in [7, 11) is 3.17. The minimum Gasteiger partial charge on any atom is -0.479 e. The molecule has 0 bridgehead atoms. The van der Waals surface area contributed by atoms with Gasteiger partial charge in [0.25, 0.3) is 5.91 Å². The quantitative estimate of drug-likeness (QED) is 0.778. The van der Waals surface area contributed by atoms with Crippen LogP contribution in [0.25, 0.3) is 0 Å². The molecule has 102 valence electrons. The molecule has 0 radical (unpaired) electrons. The number of nitrogens with one attached hydrogen (secondary N) is 1. The molecule has 1 atom stereocenters. The van der Waals surface area contributed by atoms with Crippen molar-refractivity contribution in [2.24, 2.45) is 7.05 Å². The second-order valence-electron chi connectivity index (χ2n) is 4.34. The number of rotatable bonds is 6. The minimum absolute atomic E-state index is 0.185. The third-order valence-electron chi connectivity index (χ3n) is 2.32. The first kappa shape index (κ1) is 14.8. The Morgan fingerprint density at radius 3 is 2.94 bits per heavy atom. The van der Waals surface area contributed by atoms with Gasteiger partial charge in [0.1, 0.15) is 5.56 Å². The Morgan fingerprint density at radius 1 is 1.72 bits per heavy atom. The number of hydrogen-bond acceptors (Lipinski definition) is 5. The van der Waals surface area contributed by atoms with Crippen molar-refractivity contribution in [2.45, 2.75) is 12.5 Å². The molecule has 1 amide bonds. The monoisotopic (exact) mass is 273 g/mol. The van der Waals surface area contributed by atoms with Gasteiger partial charge in [0, 0.05) is 25.5 Å². The fraction of sp³-hybridized carbons (Fsp3) is 0.636. The number of aryl methyl sites for hydroxylation is 1. The molecular weight excluding hydrogens is 254 g/mol. The zero-order valence-corrected chi connectivity index (χ0v) is 11.9. The number of methoxy groups -OCH3 is 1. The molecule has 2 N–H and O–H groups in total. The van der Waals surface area contributed by atoms with Crippen molar-refractivity contribution >= 4 is 17.7 Å². The highest BCUT2D eigenvalue weighted by Crippen LogP contribution is 2.15. The molecule has 1 aromatic heterocycles. The average Bonchev–Trinajstić information content (AvgIpc) is 2.67. The normalized spacial score (nSPS) is 14.1. The molecule has 0 aliphatic rings. The van der Waals surface area contributed by atoms with E-state index in [4.69, 9.17) is 4.74 Å². The maximum atomic E-state index is 11.9. The maximum Gasteiger partial charge on any atom is 0.258 e. The van der Waals surface area contributed by atoms with Crippen LogP contribution in [-0.4, -0.2) is 52.1 Å². The summed E-state index contributed by atoms with van der Waals surface area (Å²) in [6.07, 6.45) is 3.48. The van der Waals surface area contributed by atoms with Crippen molar-refractivity contribution in [2.75, 3.05) is 25.7 Å². The van der Waals surface area contributed by atoms with Crippen LogP contribution in [-0.2, 0) is 7.05 Å². The zero-order chi connectivity index (χ0) is 13.8. The fourth-order valence-electron chi connectivity index (χ4n) is 1.50. The number of nitrogens with zero attached hydrogens (tertiary/aromatic N) is 2. The van der Waals surface area contributed by atoms with Gasteiger partial charge in [-0.05, 0) is 13.2 Å². The van der Waals surface area contributed by atoms with Crippen LogP contribution in [0.3, 0.4) is 0 Å². The van der Waals surface area contributed by atoms with E-state index in [1.165, 1.54) is 23.6 Å². The second kappa shape index (κ2) is 6.10. The average molecular weight is 273 g/mol. The highest BCUT2D eigenvalue weighted by atomic mass is 32.2. The third-order valence-corrected chi connectivity index (χ3v) is 3.23. The van der Waals surface area contributed by atoms with E-state index in [0.29, 0.717) is 11.3 Å². The summed E-state index contributed by atoms with van der Waals surface area (Å²) in [5, 5.41) is 16.6. The van der Waals surface area contributed by atoms with E-state index < -0.39 is 5.60 Å². The van der Waals surface area contributed by atoms with Gasteiger partial charge in [-0.3, -0.25) is 9.48 Å². The molecule has 0 aliphatic heterocycles. The predicted octanol–water partition coefficient (Wildman–Crippen LogP) is 0.273. The van der Waals surface area contributed by atoms with Crippen molar-refractivity contribution in [3.05, 3.63) is 11.8 Å². The number of amides is 1. The van der Waals surface area contributed by atoms with Crippen LogP contribution in [0, 0.1) is 0 Å². The zero-order valence-electron chi connectivity index (χ0n) is 11.1. The lowest BCUT2D eigenvalue weighted by atomic mass is 10.1. The standard InChI is InChI=1S/C11H19N3O3S/c1-11(16,7-18-4)6-12-9(15)8-5-14(2)13-10(8)17-3/h5,16H,6-7H2,1-4H3,(H,12,15). The molecule has 1 unspecified atom stereocenters. The van der Waals surface area contributed by atoms with Crippen LogP contribution in [0.2, 0.25) is 0 Å². The van der Waals surface area contributed by atoms with Gasteiger partial charge >= 0.3 is 0 Å². The number of hydrogen-bond donors (Lipinski definition) is 2. The van der Waals surface area contributed by atoms with Crippen LogP contribution in [0.1, 0.15) is 17.3 Å². The van der Waals surface area contributed by atoms with E-state index in [9.17, 15) is 9.90 Å². The lowest BCUT2D eigenvalue weighted by Gasteiger charge is -2.22. The summed E-state index contributed by atoms with van der Waals surface area (Å²) in [5.41, 5.74) is -0.565. The molecule has 0 saturated carbocycles. The highest BCUT2D eigenvalue weighted by Gasteiger charge is 2.23.